The van der Waals surface area contributed by atoms with E-state index < -0.39 is 0 Å². The van der Waals surface area contributed by atoms with Crippen molar-refractivity contribution in [2.24, 2.45) is 0 Å². The predicted molar refractivity (Wildman–Crippen MR) is 101 cm³/mol. The van der Waals surface area contributed by atoms with E-state index in [-0.39, 0.29) is 12.5 Å². The number of carbonyl (C=O) groups excluding carboxylic acids is 1. The Morgan fingerprint density at radius 1 is 1.04 bits per heavy atom. The van der Waals surface area contributed by atoms with E-state index in [1.807, 2.05) is 31.2 Å². The van der Waals surface area contributed by atoms with E-state index in [0.29, 0.717) is 34.7 Å². The predicted octanol–water partition coefficient (Wildman–Crippen LogP) is 4.63. The molecule has 0 saturated carbocycles. The van der Waals surface area contributed by atoms with Crippen LogP contribution < -0.4 is 0 Å². The number of likely N-dealkylation sites (N-methyl/N-ethyl adjacent to an activating group) is 1. The molecule has 5 nitrogen and oxygen atoms in total. The minimum Gasteiger partial charge on any atom is -0.337 e. The van der Waals surface area contributed by atoms with Gasteiger partial charge in [0, 0.05) is 22.2 Å². The van der Waals surface area contributed by atoms with E-state index in [4.69, 9.17) is 27.7 Å². The van der Waals surface area contributed by atoms with Gasteiger partial charge in [0.25, 0.3) is 0 Å². The van der Waals surface area contributed by atoms with Crippen molar-refractivity contribution in [3.05, 3.63) is 70.0 Å². The summed E-state index contributed by atoms with van der Waals surface area (Å²) in [6.45, 7) is 2.73. The van der Waals surface area contributed by atoms with E-state index in [0.717, 1.165) is 11.1 Å². The van der Waals surface area contributed by atoms with Crippen LogP contribution in [-0.4, -0.2) is 27.5 Å². The van der Waals surface area contributed by atoms with Crippen molar-refractivity contribution >= 4 is 29.1 Å². The monoisotopic (exact) mass is 389 g/mol. The molecule has 3 rings (SSSR count). The van der Waals surface area contributed by atoms with E-state index in [1.165, 1.54) is 0 Å². The van der Waals surface area contributed by atoms with Crippen LogP contribution in [0.1, 0.15) is 18.4 Å². The Balaban J connectivity index is 1.67. The molecule has 0 saturated heterocycles. The van der Waals surface area contributed by atoms with Crippen molar-refractivity contribution in [2.75, 3.05) is 6.54 Å². The smallest absolute Gasteiger partial charge is 0.246 e. The number of hydrogen-bond acceptors (Lipinski definition) is 4. The van der Waals surface area contributed by atoms with Crippen LogP contribution in [0.4, 0.5) is 0 Å². The highest BCUT2D eigenvalue weighted by atomic mass is 35.5. The molecule has 1 aromatic heterocycles. The zero-order valence-corrected chi connectivity index (χ0v) is 15.7. The first-order chi connectivity index (χ1) is 12.5. The number of carbonyl (C=O) groups is 1. The summed E-state index contributed by atoms with van der Waals surface area (Å²) in [6, 6.07) is 14.4. The molecular weight excluding hydrogens is 373 g/mol. The van der Waals surface area contributed by atoms with E-state index in [2.05, 4.69) is 10.1 Å². The Morgan fingerprint density at radius 3 is 2.27 bits per heavy atom. The van der Waals surface area contributed by atoms with E-state index >= 15 is 0 Å². The third-order valence-corrected chi connectivity index (χ3v) is 4.40. The molecule has 1 amide bonds. The molecule has 0 fully saturated rings. The van der Waals surface area contributed by atoms with Crippen LogP contribution in [0.2, 0.25) is 10.0 Å². The highest BCUT2D eigenvalue weighted by molar-refractivity contribution is 6.30. The van der Waals surface area contributed by atoms with Crippen LogP contribution >= 0.6 is 23.2 Å². The molecule has 134 valence electrons. The molecule has 0 aliphatic carbocycles. The third kappa shape index (κ3) is 4.62. The summed E-state index contributed by atoms with van der Waals surface area (Å²) in [6.07, 6.45) is 0.295. The Kier molecular flexibility index (Phi) is 5.91. The van der Waals surface area contributed by atoms with Crippen LogP contribution in [0.15, 0.2) is 53.1 Å². The fourth-order valence-corrected chi connectivity index (χ4v) is 2.72. The van der Waals surface area contributed by atoms with Gasteiger partial charge in [-0.05, 0) is 48.9 Å². The van der Waals surface area contributed by atoms with Crippen molar-refractivity contribution in [1.82, 2.24) is 15.0 Å². The molecule has 0 unspecified atom stereocenters. The van der Waals surface area contributed by atoms with Gasteiger partial charge >= 0.3 is 0 Å². The maximum absolute atomic E-state index is 12.5. The van der Waals surface area contributed by atoms with Crippen molar-refractivity contribution in [3.8, 4) is 11.4 Å². The van der Waals surface area contributed by atoms with Gasteiger partial charge in [0.2, 0.25) is 17.6 Å². The summed E-state index contributed by atoms with van der Waals surface area (Å²) in [4.78, 5) is 18.6. The summed E-state index contributed by atoms with van der Waals surface area (Å²) >= 11 is 11.8. The summed E-state index contributed by atoms with van der Waals surface area (Å²) in [5, 5.41) is 5.26. The maximum atomic E-state index is 12.5. The van der Waals surface area contributed by atoms with Gasteiger partial charge in [0.1, 0.15) is 0 Å². The van der Waals surface area contributed by atoms with Gasteiger partial charge in [0.15, 0.2) is 0 Å². The van der Waals surface area contributed by atoms with Gasteiger partial charge < -0.3 is 9.42 Å². The van der Waals surface area contributed by atoms with Crippen molar-refractivity contribution in [1.29, 1.82) is 0 Å². The molecule has 0 N–H and O–H groups in total. The second kappa shape index (κ2) is 8.34. The number of halogens is 2. The minimum absolute atomic E-state index is 0.0129. The molecule has 0 aliphatic heterocycles. The SMILES string of the molecule is CCN(Cc1nc(-c2ccc(Cl)cc2)no1)C(=O)Cc1ccc(Cl)cc1. The quantitative estimate of drug-likeness (QED) is 0.616. The van der Waals surface area contributed by atoms with Crippen LogP contribution in [0.3, 0.4) is 0 Å². The summed E-state index contributed by atoms with van der Waals surface area (Å²) in [7, 11) is 0. The number of nitrogens with zero attached hydrogens (tertiary/aromatic N) is 3. The second-order valence-electron chi connectivity index (χ2n) is 5.73. The maximum Gasteiger partial charge on any atom is 0.246 e. The lowest BCUT2D eigenvalue weighted by atomic mass is 10.1. The Labute approximate surface area is 161 Å². The lowest BCUT2D eigenvalue weighted by Crippen LogP contribution is -2.31. The molecule has 0 spiro atoms. The number of benzene rings is 2. The molecular formula is C19H17Cl2N3O2. The van der Waals surface area contributed by atoms with Gasteiger partial charge in [-0.1, -0.05) is 40.5 Å². The molecule has 26 heavy (non-hydrogen) atoms. The zero-order chi connectivity index (χ0) is 18.5. The fraction of sp³-hybridized carbons (Fsp3) is 0.211. The van der Waals surface area contributed by atoms with Crippen LogP contribution in [0, 0.1) is 0 Å². The van der Waals surface area contributed by atoms with E-state index in [9.17, 15) is 4.79 Å². The van der Waals surface area contributed by atoms with Gasteiger partial charge in [0.05, 0.1) is 13.0 Å². The lowest BCUT2D eigenvalue weighted by molar-refractivity contribution is -0.131. The molecule has 0 bridgehead atoms. The third-order valence-electron chi connectivity index (χ3n) is 3.90. The van der Waals surface area contributed by atoms with Crippen LogP contribution in [0.25, 0.3) is 11.4 Å². The number of amides is 1. The highest BCUT2D eigenvalue weighted by Gasteiger charge is 2.17. The van der Waals surface area contributed by atoms with Gasteiger partial charge in [-0.15, -0.1) is 0 Å². The van der Waals surface area contributed by atoms with E-state index in [1.54, 1.807) is 29.2 Å². The molecule has 1 heterocycles. The largest absolute Gasteiger partial charge is 0.337 e. The minimum atomic E-state index is -0.0129. The average Bonchev–Trinajstić information content (AvgIpc) is 3.11. The first kappa shape index (κ1) is 18.4. The topological polar surface area (TPSA) is 59.2 Å². The molecule has 7 heteroatoms. The second-order valence-corrected chi connectivity index (χ2v) is 6.60. The fourth-order valence-electron chi connectivity index (χ4n) is 2.46. The molecule has 0 radical (unpaired) electrons. The zero-order valence-electron chi connectivity index (χ0n) is 14.2. The van der Waals surface area contributed by atoms with Crippen LogP contribution in [0.5, 0.6) is 0 Å². The van der Waals surface area contributed by atoms with Crippen molar-refractivity contribution < 1.29 is 9.32 Å². The molecule has 2 aromatic carbocycles. The summed E-state index contributed by atoms with van der Waals surface area (Å²) in [5.41, 5.74) is 1.71. The average molecular weight is 390 g/mol. The van der Waals surface area contributed by atoms with Crippen molar-refractivity contribution in [2.45, 2.75) is 19.9 Å². The summed E-state index contributed by atoms with van der Waals surface area (Å²) < 4.78 is 5.29. The van der Waals surface area contributed by atoms with Gasteiger partial charge in [-0.3, -0.25) is 4.79 Å². The number of aromatic nitrogens is 2. The normalized spacial score (nSPS) is 10.7. The first-order valence-corrected chi connectivity index (χ1v) is 8.91. The molecule has 3 aromatic rings. The first-order valence-electron chi connectivity index (χ1n) is 8.16. The van der Waals surface area contributed by atoms with Gasteiger partial charge in [-0.2, -0.15) is 4.98 Å². The Hall–Kier alpha value is -2.37. The summed E-state index contributed by atoms with van der Waals surface area (Å²) in [5.74, 6) is 0.847. The van der Waals surface area contributed by atoms with Crippen molar-refractivity contribution in [3.63, 3.8) is 0 Å². The number of rotatable bonds is 6. The standard InChI is InChI=1S/C19H17Cl2N3O2/c1-2-24(18(25)11-13-3-7-15(20)8-4-13)12-17-22-19(23-26-17)14-5-9-16(21)10-6-14/h3-10H,2,11-12H2,1H3. The lowest BCUT2D eigenvalue weighted by Gasteiger charge is -2.18. The molecule has 0 atom stereocenters. The van der Waals surface area contributed by atoms with Crippen LogP contribution in [-0.2, 0) is 17.8 Å². The van der Waals surface area contributed by atoms with Gasteiger partial charge in [-0.25, -0.2) is 0 Å². The molecule has 0 aliphatic rings. The Morgan fingerprint density at radius 2 is 1.65 bits per heavy atom. The highest BCUT2D eigenvalue weighted by Crippen LogP contribution is 2.19. The number of hydrogen-bond donors (Lipinski definition) is 0. The Bertz CT molecular complexity index is 877.